The maximum absolute atomic E-state index is 12.2. The fraction of sp³-hybridized carbons (Fsp3) is 0.583. The molecular formula is C12H17ClF2N2O2S. The molecule has 0 radical (unpaired) electrons. The van der Waals surface area contributed by atoms with E-state index in [1.165, 1.54) is 6.07 Å². The topological polar surface area (TPSA) is 50.4 Å². The Labute approximate surface area is 126 Å². The highest BCUT2D eigenvalue weighted by Crippen LogP contribution is 2.26. The lowest BCUT2D eigenvalue weighted by molar-refractivity contribution is -0.0498. The molecular weight excluding hydrogens is 310 g/mol. The van der Waals surface area contributed by atoms with Crippen LogP contribution in [0.25, 0.3) is 0 Å². The van der Waals surface area contributed by atoms with Gasteiger partial charge in [-0.1, -0.05) is 6.92 Å². The average molecular weight is 327 g/mol. The van der Waals surface area contributed by atoms with Crippen molar-refractivity contribution in [2.24, 2.45) is 5.92 Å². The van der Waals surface area contributed by atoms with E-state index in [-0.39, 0.29) is 35.0 Å². The molecule has 0 spiro atoms. The molecule has 20 heavy (non-hydrogen) atoms. The third-order valence-corrected chi connectivity index (χ3v) is 4.09. The lowest BCUT2D eigenvalue weighted by Crippen LogP contribution is -2.50. The number of piperidine rings is 1. The number of nitrogens with one attached hydrogen (secondary N) is 2. The predicted octanol–water partition coefficient (Wildman–Crippen LogP) is 2.50. The quantitative estimate of drug-likeness (QED) is 0.894. The van der Waals surface area contributed by atoms with E-state index in [2.05, 4.69) is 22.3 Å². The van der Waals surface area contributed by atoms with Crippen molar-refractivity contribution >= 4 is 29.7 Å². The molecule has 1 amide bonds. The summed E-state index contributed by atoms with van der Waals surface area (Å²) in [7, 11) is 0. The summed E-state index contributed by atoms with van der Waals surface area (Å²) < 4.78 is 28.7. The van der Waals surface area contributed by atoms with E-state index in [9.17, 15) is 13.6 Å². The number of alkyl halides is 2. The van der Waals surface area contributed by atoms with E-state index in [4.69, 9.17) is 0 Å². The van der Waals surface area contributed by atoms with Gasteiger partial charge in [-0.25, -0.2) is 0 Å². The van der Waals surface area contributed by atoms with Gasteiger partial charge in [0.25, 0.3) is 5.91 Å². The molecule has 2 atom stereocenters. The molecule has 2 N–H and O–H groups in total. The standard InChI is InChI=1S/C12H16F2N2O2S.ClH/c1-7-2-4-15-6-8(7)16-11(17)10-9(3-5-19-10)18-12(13)14;/h3,5,7-8,12,15H,2,4,6H2,1H3,(H,16,17);1H. The second kappa shape index (κ2) is 7.75. The Bertz CT molecular complexity index is 445. The minimum atomic E-state index is -2.92. The highest BCUT2D eigenvalue weighted by molar-refractivity contribution is 7.12. The molecule has 2 rings (SSSR count). The van der Waals surface area contributed by atoms with Gasteiger partial charge in [0, 0.05) is 12.6 Å². The molecule has 0 aliphatic carbocycles. The largest absolute Gasteiger partial charge is 0.433 e. The van der Waals surface area contributed by atoms with Crippen molar-refractivity contribution in [1.82, 2.24) is 10.6 Å². The van der Waals surface area contributed by atoms with E-state index in [1.807, 2.05) is 0 Å². The monoisotopic (exact) mass is 326 g/mol. The second-order valence-corrected chi connectivity index (χ2v) is 5.46. The minimum Gasteiger partial charge on any atom is -0.433 e. The molecule has 2 unspecified atom stereocenters. The van der Waals surface area contributed by atoms with Gasteiger partial charge in [-0.15, -0.1) is 23.7 Å². The zero-order chi connectivity index (χ0) is 13.8. The summed E-state index contributed by atoms with van der Waals surface area (Å²) >= 11 is 1.10. The Hall–Kier alpha value is -0.920. The molecule has 0 aromatic carbocycles. The fourth-order valence-electron chi connectivity index (χ4n) is 2.07. The van der Waals surface area contributed by atoms with Gasteiger partial charge in [0.05, 0.1) is 0 Å². The number of amides is 1. The van der Waals surface area contributed by atoms with Gasteiger partial charge < -0.3 is 15.4 Å². The summed E-state index contributed by atoms with van der Waals surface area (Å²) in [5, 5.41) is 7.63. The molecule has 4 nitrogen and oxygen atoms in total. The first-order valence-electron chi connectivity index (χ1n) is 6.12. The van der Waals surface area contributed by atoms with Gasteiger partial charge in [-0.2, -0.15) is 8.78 Å². The second-order valence-electron chi connectivity index (χ2n) is 4.54. The van der Waals surface area contributed by atoms with Gasteiger partial charge >= 0.3 is 6.61 Å². The van der Waals surface area contributed by atoms with Crippen LogP contribution < -0.4 is 15.4 Å². The van der Waals surface area contributed by atoms with Crippen molar-refractivity contribution in [1.29, 1.82) is 0 Å². The van der Waals surface area contributed by atoms with E-state index < -0.39 is 6.61 Å². The van der Waals surface area contributed by atoms with Gasteiger partial charge in [0.1, 0.15) is 10.6 Å². The minimum absolute atomic E-state index is 0. The smallest absolute Gasteiger partial charge is 0.387 e. The van der Waals surface area contributed by atoms with Crippen molar-refractivity contribution in [2.45, 2.75) is 26.0 Å². The van der Waals surface area contributed by atoms with Crippen LogP contribution in [0.4, 0.5) is 8.78 Å². The Morgan fingerprint density at radius 1 is 1.60 bits per heavy atom. The Kier molecular flexibility index (Phi) is 6.64. The van der Waals surface area contributed by atoms with Crippen molar-refractivity contribution in [3.05, 3.63) is 16.3 Å². The molecule has 0 saturated carbocycles. The van der Waals surface area contributed by atoms with Gasteiger partial charge in [0.2, 0.25) is 0 Å². The number of halogens is 3. The Morgan fingerprint density at radius 2 is 2.35 bits per heavy atom. The first-order valence-corrected chi connectivity index (χ1v) is 6.99. The molecule has 1 aliphatic rings. The zero-order valence-electron chi connectivity index (χ0n) is 10.9. The van der Waals surface area contributed by atoms with Crippen LogP contribution in [0.15, 0.2) is 11.4 Å². The zero-order valence-corrected chi connectivity index (χ0v) is 12.5. The first kappa shape index (κ1) is 17.1. The molecule has 1 fully saturated rings. The van der Waals surface area contributed by atoms with Crippen molar-refractivity contribution in [2.75, 3.05) is 13.1 Å². The predicted molar refractivity (Wildman–Crippen MR) is 76.1 cm³/mol. The molecule has 2 heterocycles. The van der Waals surface area contributed by atoms with E-state index in [0.717, 1.165) is 24.3 Å². The first-order chi connectivity index (χ1) is 9.08. The highest BCUT2D eigenvalue weighted by atomic mass is 35.5. The maximum Gasteiger partial charge on any atom is 0.387 e. The summed E-state index contributed by atoms with van der Waals surface area (Å²) in [6, 6.07) is 1.40. The van der Waals surface area contributed by atoms with Crippen LogP contribution in [0.2, 0.25) is 0 Å². The van der Waals surface area contributed by atoms with E-state index in [1.54, 1.807) is 5.38 Å². The number of thiophene rings is 1. The molecule has 1 aromatic heterocycles. The van der Waals surface area contributed by atoms with Crippen LogP contribution in [0.3, 0.4) is 0 Å². The molecule has 1 aromatic rings. The summed E-state index contributed by atoms with van der Waals surface area (Å²) in [5.41, 5.74) is 0. The van der Waals surface area contributed by atoms with Gasteiger partial charge in [-0.05, 0) is 30.3 Å². The number of rotatable bonds is 4. The Morgan fingerprint density at radius 3 is 3.00 bits per heavy atom. The van der Waals surface area contributed by atoms with Gasteiger partial charge in [0.15, 0.2) is 0 Å². The van der Waals surface area contributed by atoms with Crippen LogP contribution in [0.5, 0.6) is 5.75 Å². The number of hydrogen-bond acceptors (Lipinski definition) is 4. The van der Waals surface area contributed by atoms with Crippen molar-refractivity contribution in [3.8, 4) is 5.75 Å². The number of carbonyl (C=O) groups is 1. The Balaban J connectivity index is 0.00000200. The lowest BCUT2D eigenvalue weighted by atomic mass is 9.95. The summed E-state index contributed by atoms with van der Waals surface area (Å²) in [6.07, 6.45) is 0.982. The van der Waals surface area contributed by atoms with Crippen LogP contribution in [-0.4, -0.2) is 31.7 Å². The molecule has 0 bridgehead atoms. The molecule has 1 saturated heterocycles. The number of carbonyl (C=O) groups excluding carboxylic acids is 1. The summed E-state index contributed by atoms with van der Waals surface area (Å²) in [6.45, 7) is 0.781. The van der Waals surface area contributed by atoms with Crippen LogP contribution in [0, 0.1) is 5.92 Å². The summed E-state index contributed by atoms with van der Waals surface area (Å²) in [5.74, 6) is -0.0512. The van der Waals surface area contributed by atoms with Crippen molar-refractivity contribution < 1.29 is 18.3 Å². The normalized spacial score (nSPS) is 22.2. The van der Waals surface area contributed by atoms with E-state index in [0.29, 0.717) is 12.5 Å². The third-order valence-electron chi connectivity index (χ3n) is 3.20. The molecule has 114 valence electrons. The molecule has 1 aliphatic heterocycles. The van der Waals surface area contributed by atoms with Crippen LogP contribution in [0.1, 0.15) is 23.0 Å². The number of ether oxygens (including phenoxy) is 1. The van der Waals surface area contributed by atoms with Crippen LogP contribution >= 0.6 is 23.7 Å². The van der Waals surface area contributed by atoms with E-state index >= 15 is 0 Å². The van der Waals surface area contributed by atoms with Crippen molar-refractivity contribution in [3.63, 3.8) is 0 Å². The third kappa shape index (κ3) is 4.29. The number of hydrogen-bond donors (Lipinski definition) is 2. The van der Waals surface area contributed by atoms with Crippen LogP contribution in [-0.2, 0) is 0 Å². The van der Waals surface area contributed by atoms with Gasteiger partial charge in [-0.3, -0.25) is 4.79 Å². The SMILES string of the molecule is CC1CCNCC1NC(=O)c1sccc1OC(F)F.Cl. The average Bonchev–Trinajstić information content (AvgIpc) is 2.79. The lowest BCUT2D eigenvalue weighted by Gasteiger charge is -2.30. The maximum atomic E-state index is 12.2. The fourth-order valence-corrected chi connectivity index (χ4v) is 2.79. The molecule has 8 heteroatoms. The summed E-state index contributed by atoms with van der Waals surface area (Å²) in [4.78, 5) is 12.3. The highest BCUT2D eigenvalue weighted by Gasteiger charge is 2.25.